The van der Waals surface area contributed by atoms with E-state index < -0.39 is 9.02 Å². The standard InChI is InChI=1S/C52H50Br2N10O/c1-5-7-9-17-43-41-15-11-13-19-45(41)63(3)47(43)37-23-21-35-31-39(27-25-33(35)29-37)51(53,49-55-59-60-56-49)65-52(54,50-57-61-62-58-50)40-28-26-34-30-38(24-22-36(34)32-40)48-44(18-10-8-6-2)42-16-12-14-20-46(42)64(48)4/h11-16,19-32H,5-10,17-18H2,1-4H3,(H,55,56,59,60)(H,57,58,61,62). The lowest BCUT2D eigenvalue weighted by Crippen LogP contribution is -2.37. The van der Waals surface area contributed by atoms with Gasteiger partial charge in [0.1, 0.15) is 0 Å². The third-order valence-corrected chi connectivity index (χ3v) is 15.0. The number of halogens is 2. The molecule has 0 fully saturated rings. The number of aromatic nitrogens is 10. The Morgan fingerprint density at radius 3 is 1.35 bits per heavy atom. The van der Waals surface area contributed by atoms with Crippen molar-refractivity contribution in [3.8, 4) is 22.5 Å². The summed E-state index contributed by atoms with van der Waals surface area (Å²) in [7, 11) is 4.35. The van der Waals surface area contributed by atoms with Crippen molar-refractivity contribution in [3.05, 3.63) is 155 Å². The Kier molecular flexibility index (Phi) is 11.7. The summed E-state index contributed by atoms with van der Waals surface area (Å²) in [5.41, 5.74) is 11.7. The van der Waals surface area contributed by atoms with Crippen molar-refractivity contribution in [2.45, 2.75) is 74.2 Å². The van der Waals surface area contributed by atoms with Gasteiger partial charge in [0.2, 0.25) is 20.7 Å². The van der Waals surface area contributed by atoms with Gasteiger partial charge < -0.3 is 13.9 Å². The van der Waals surface area contributed by atoms with E-state index in [2.05, 4.69) is 219 Å². The summed E-state index contributed by atoms with van der Waals surface area (Å²) in [5.74, 6) is 0.534. The van der Waals surface area contributed by atoms with Gasteiger partial charge in [0.05, 0.1) is 11.4 Å². The molecule has 65 heavy (non-hydrogen) atoms. The predicted molar refractivity (Wildman–Crippen MR) is 267 cm³/mol. The average molecular weight is 991 g/mol. The minimum atomic E-state index is -1.44. The lowest BCUT2D eigenvalue weighted by atomic mass is 9.96. The molecule has 328 valence electrons. The second-order valence-electron chi connectivity index (χ2n) is 17.0. The molecule has 0 bridgehead atoms. The first-order chi connectivity index (χ1) is 31.7. The smallest absolute Gasteiger partial charge is 0.222 e. The summed E-state index contributed by atoms with van der Waals surface area (Å²) < 4.78 is 9.05. The molecule has 0 saturated carbocycles. The number of ether oxygens (including phenoxy) is 1. The molecular weight excluding hydrogens is 940 g/mol. The molecule has 0 aliphatic heterocycles. The molecular formula is C52H50Br2N10O. The summed E-state index contributed by atoms with van der Waals surface area (Å²) >= 11 is 8.02. The Morgan fingerprint density at radius 1 is 0.523 bits per heavy atom. The van der Waals surface area contributed by atoms with Crippen LogP contribution in [0.25, 0.3) is 65.9 Å². The molecule has 0 aliphatic rings. The number of benzene rings is 6. The minimum Gasteiger partial charge on any atom is -0.343 e. The van der Waals surface area contributed by atoms with Crippen molar-refractivity contribution in [2.75, 3.05) is 0 Å². The Balaban J connectivity index is 1.03. The van der Waals surface area contributed by atoms with Crippen LogP contribution in [0.15, 0.2) is 121 Å². The van der Waals surface area contributed by atoms with Crippen molar-refractivity contribution in [1.29, 1.82) is 0 Å². The summed E-state index contributed by atoms with van der Waals surface area (Å²) in [4.78, 5) is 0. The first-order valence-corrected chi connectivity index (χ1v) is 24.1. The number of H-pyrrole nitrogens is 2. The normalized spacial score (nSPS) is 13.9. The number of nitrogens with one attached hydrogen (secondary N) is 2. The second kappa shape index (κ2) is 17.8. The molecule has 2 unspecified atom stereocenters. The molecule has 0 aliphatic carbocycles. The van der Waals surface area contributed by atoms with Gasteiger partial charge in [-0.05, 0) is 138 Å². The molecule has 0 saturated heterocycles. The maximum atomic E-state index is 7.25. The van der Waals surface area contributed by atoms with Crippen LogP contribution >= 0.6 is 31.9 Å². The number of fused-ring (bicyclic) bond motifs is 4. The van der Waals surface area contributed by atoms with Crippen LogP contribution in [0, 0.1) is 0 Å². The van der Waals surface area contributed by atoms with E-state index in [4.69, 9.17) is 4.74 Å². The van der Waals surface area contributed by atoms with Gasteiger partial charge in [0.15, 0.2) is 0 Å². The van der Waals surface area contributed by atoms with E-state index in [9.17, 15) is 0 Å². The molecule has 2 atom stereocenters. The molecule has 4 heterocycles. The van der Waals surface area contributed by atoms with Gasteiger partial charge in [-0.25, -0.2) is 0 Å². The van der Waals surface area contributed by atoms with Crippen LogP contribution < -0.4 is 0 Å². The molecule has 2 N–H and O–H groups in total. The number of hydrogen-bond donors (Lipinski definition) is 2. The molecule has 6 aromatic carbocycles. The van der Waals surface area contributed by atoms with Crippen LogP contribution in [0.4, 0.5) is 0 Å². The molecule has 13 heteroatoms. The molecule has 4 aromatic heterocycles. The number of nitrogens with zero attached hydrogens (tertiary/aromatic N) is 8. The van der Waals surface area contributed by atoms with E-state index >= 15 is 0 Å². The number of tetrazole rings is 2. The first kappa shape index (κ1) is 42.9. The highest BCUT2D eigenvalue weighted by molar-refractivity contribution is 9.10. The zero-order valence-corrected chi connectivity index (χ0v) is 40.1. The van der Waals surface area contributed by atoms with Crippen molar-refractivity contribution >= 4 is 75.2 Å². The van der Waals surface area contributed by atoms with Gasteiger partial charge in [0.25, 0.3) is 0 Å². The topological polar surface area (TPSA) is 128 Å². The van der Waals surface area contributed by atoms with Crippen LogP contribution in [0.3, 0.4) is 0 Å². The SMILES string of the molecule is CCCCCc1c(-c2ccc3cc(C(Br)(OC(Br)(c4ccc5cc(-c6c(CCCCC)c7ccccc7n6C)ccc5c4)c4nn[nH]n4)c4nn[nH]n4)ccc3c2)n(C)c2ccccc12. The highest BCUT2D eigenvalue weighted by Gasteiger charge is 2.49. The Labute approximate surface area is 394 Å². The number of para-hydroxylation sites is 2. The van der Waals surface area contributed by atoms with Crippen molar-refractivity contribution in [3.63, 3.8) is 0 Å². The van der Waals surface area contributed by atoms with E-state index in [-0.39, 0.29) is 11.6 Å². The molecule has 0 radical (unpaired) electrons. The molecule has 0 spiro atoms. The first-order valence-electron chi connectivity index (χ1n) is 22.5. The zero-order valence-electron chi connectivity index (χ0n) is 36.9. The Bertz CT molecular complexity index is 3080. The van der Waals surface area contributed by atoms with Crippen LogP contribution in [-0.4, -0.2) is 50.4 Å². The maximum Gasteiger partial charge on any atom is 0.222 e. The van der Waals surface area contributed by atoms with Crippen LogP contribution in [0.1, 0.15) is 86.3 Å². The third-order valence-electron chi connectivity index (χ3n) is 13.0. The van der Waals surface area contributed by atoms with Gasteiger partial charge in [0, 0.05) is 47.0 Å². The number of unbranched alkanes of at least 4 members (excludes halogenated alkanes) is 4. The summed E-state index contributed by atoms with van der Waals surface area (Å²) in [6, 6.07) is 43.3. The summed E-state index contributed by atoms with van der Waals surface area (Å²) in [6.07, 6.45) is 9.16. The zero-order chi connectivity index (χ0) is 44.7. The Hall–Kier alpha value is -6.02. The average Bonchev–Trinajstić information content (AvgIpc) is 4.17. The predicted octanol–water partition coefficient (Wildman–Crippen LogP) is 12.7. The van der Waals surface area contributed by atoms with Crippen molar-refractivity contribution in [2.24, 2.45) is 14.1 Å². The molecule has 10 aromatic rings. The molecule has 10 rings (SSSR count). The Morgan fingerprint density at radius 2 is 0.938 bits per heavy atom. The number of alkyl halides is 2. The number of aromatic amines is 2. The molecule has 0 amide bonds. The van der Waals surface area contributed by atoms with Gasteiger partial charge in [-0.15, -0.1) is 20.4 Å². The van der Waals surface area contributed by atoms with Gasteiger partial charge in [-0.1, -0.05) is 135 Å². The highest BCUT2D eigenvalue weighted by atomic mass is 79.9. The van der Waals surface area contributed by atoms with Crippen LogP contribution in [0.2, 0.25) is 0 Å². The maximum absolute atomic E-state index is 7.25. The van der Waals surface area contributed by atoms with E-state index in [0.717, 1.165) is 58.4 Å². The van der Waals surface area contributed by atoms with Crippen molar-refractivity contribution in [1.82, 2.24) is 50.4 Å². The fourth-order valence-electron chi connectivity index (χ4n) is 9.73. The number of aryl methyl sites for hydroxylation is 4. The van der Waals surface area contributed by atoms with E-state index in [1.54, 1.807) is 0 Å². The number of hydrogen-bond acceptors (Lipinski definition) is 7. The van der Waals surface area contributed by atoms with Gasteiger partial charge in [-0.3, -0.25) is 0 Å². The molecule has 11 nitrogen and oxygen atoms in total. The quantitative estimate of drug-likeness (QED) is 0.0729. The highest BCUT2D eigenvalue weighted by Crippen LogP contribution is 2.50. The minimum absolute atomic E-state index is 0.267. The summed E-state index contributed by atoms with van der Waals surface area (Å²) in [5, 5.41) is 37.9. The van der Waals surface area contributed by atoms with Crippen LogP contribution in [-0.2, 0) is 40.7 Å². The summed E-state index contributed by atoms with van der Waals surface area (Å²) in [6.45, 7) is 4.51. The fraction of sp³-hybridized carbons (Fsp3) is 0.269. The lowest BCUT2D eigenvalue weighted by Gasteiger charge is -2.35. The van der Waals surface area contributed by atoms with E-state index in [0.29, 0.717) is 0 Å². The van der Waals surface area contributed by atoms with Crippen LogP contribution in [0.5, 0.6) is 0 Å². The number of rotatable bonds is 16. The second-order valence-corrected chi connectivity index (χ2v) is 19.3. The van der Waals surface area contributed by atoms with Crippen molar-refractivity contribution < 1.29 is 4.74 Å². The van der Waals surface area contributed by atoms with Gasteiger partial charge >= 0.3 is 0 Å². The lowest BCUT2D eigenvalue weighted by molar-refractivity contribution is -0.0179. The van der Waals surface area contributed by atoms with E-state index in [1.165, 1.54) is 81.1 Å². The fourth-order valence-corrected chi connectivity index (χ4v) is 11.3. The third kappa shape index (κ3) is 7.66. The monoisotopic (exact) mass is 988 g/mol. The van der Waals surface area contributed by atoms with Gasteiger partial charge in [-0.2, -0.15) is 10.4 Å². The van der Waals surface area contributed by atoms with E-state index in [1.807, 2.05) is 12.1 Å². The largest absolute Gasteiger partial charge is 0.343 e.